The fourth-order valence-corrected chi connectivity index (χ4v) is 4.99. The average molecular weight is 431 g/mol. The number of carbonyl (C=O) groups is 1. The summed E-state index contributed by atoms with van der Waals surface area (Å²) >= 11 is 0. The molecule has 0 aromatic carbocycles. The lowest BCUT2D eigenvalue weighted by atomic mass is 10.00. The first-order chi connectivity index (χ1) is 15.6. The molecule has 2 aromatic heterocycles. The number of hydrogen-bond donors (Lipinski definition) is 1. The number of pyridine rings is 1. The maximum atomic E-state index is 12.9. The summed E-state index contributed by atoms with van der Waals surface area (Å²) in [4.78, 5) is 34.0. The molecule has 1 atom stereocenters. The Bertz CT molecular complexity index is 1170. The van der Waals surface area contributed by atoms with E-state index in [1.807, 2.05) is 6.07 Å². The molecule has 3 saturated carbocycles. The van der Waals surface area contributed by atoms with Crippen LogP contribution in [-0.2, 0) is 4.79 Å². The third-order valence-corrected chi connectivity index (χ3v) is 7.19. The first-order valence-corrected chi connectivity index (χ1v) is 11.7. The molecular formula is C24H26N6O2. The maximum Gasteiger partial charge on any atom is 0.264 e. The molecule has 4 fully saturated rings. The molecule has 3 heterocycles. The molecule has 6 rings (SSSR count). The number of aromatic amines is 1. The van der Waals surface area contributed by atoms with E-state index in [2.05, 4.69) is 26.1 Å². The van der Waals surface area contributed by atoms with Crippen molar-refractivity contribution >= 4 is 11.7 Å². The Morgan fingerprint density at radius 2 is 1.94 bits per heavy atom. The van der Waals surface area contributed by atoms with Gasteiger partial charge in [0, 0.05) is 48.7 Å². The molecule has 0 bridgehead atoms. The molecule has 1 saturated heterocycles. The van der Waals surface area contributed by atoms with Crippen molar-refractivity contribution in [1.82, 2.24) is 20.1 Å². The normalized spacial score (nSPS) is 23.2. The van der Waals surface area contributed by atoms with Gasteiger partial charge in [0.05, 0.1) is 23.5 Å². The number of nitriles is 1. The second kappa shape index (κ2) is 7.44. The number of hydrogen-bond acceptors (Lipinski definition) is 6. The van der Waals surface area contributed by atoms with Crippen LogP contribution in [0.2, 0.25) is 0 Å². The Kier molecular flexibility index (Phi) is 4.53. The van der Waals surface area contributed by atoms with Gasteiger partial charge in [0.25, 0.3) is 5.56 Å². The van der Waals surface area contributed by atoms with E-state index in [4.69, 9.17) is 4.98 Å². The highest BCUT2D eigenvalue weighted by molar-refractivity contribution is 5.82. The van der Waals surface area contributed by atoms with Gasteiger partial charge >= 0.3 is 0 Å². The zero-order valence-corrected chi connectivity index (χ0v) is 18.0. The zero-order valence-electron chi connectivity index (χ0n) is 18.0. The van der Waals surface area contributed by atoms with Crippen LogP contribution in [0.3, 0.4) is 0 Å². The van der Waals surface area contributed by atoms with Crippen LogP contribution in [0.1, 0.15) is 55.7 Å². The van der Waals surface area contributed by atoms with E-state index in [0.29, 0.717) is 42.0 Å². The standard InChI is InChI=1S/C24H26N6O2/c25-11-17-9-19(18-10-21(31)28-26-12-18)22(15-3-4-15)27-23(17)29-7-8-30(24(32)16-5-6-16)20(13-29)14-1-2-14/h9-10,12,14-16,20H,1-8,13H2,(H,28,31). The number of aromatic nitrogens is 3. The van der Waals surface area contributed by atoms with Crippen LogP contribution < -0.4 is 10.5 Å². The topological polar surface area (TPSA) is 106 Å². The molecule has 2 aromatic rings. The van der Waals surface area contributed by atoms with Gasteiger partial charge in [-0.3, -0.25) is 9.59 Å². The summed E-state index contributed by atoms with van der Waals surface area (Å²) in [5, 5.41) is 16.3. The molecule has 8 nitrogen and oxygen atoms in total. The maximum absolute atomic E-state index is 12.9. The molecule has 1 unspecified atom stereocenters. The van der Waals surface area contributed by atoms with Gasteiger partial charge in [0.15, 0.2) is 0 Å². The molecule has 3 aliphatic carbocycles. The number of anilines is 1. The fourth-order valence-electron chi connectivity index (χ4n) is 4.99. The van der Waals surface area contributed by atoms with E-state index in [1.165, 1.54) is 18.9 Å². The van der Waals surface area contributed by atoms with E-state index >= 15 is 0 Å². The van der Waals surface area contributed by atoms with Crippen LogP contribution in [-0.4, -0.2) is 51.7 Å². The minimum Gasteiger partial charge on any atom is -0.352 e. The number of nitrogens with zero attached hydrogens (tertiary/aromatic N) is 5. The number of carbonyl (C=O) groups excluding carboxylic acids is 1. The minimum absolute atomic E-state index is 0.214. The van der Waals surface area contributed by atoms with Crippen molar-refractivity contribution in [1.29, 1.82) is 5.26 Å². The van der Waals surface area contributed by atoms with Crippen LogP contribution in [0.5, 0.6) is 0 Å². The first-order valence-electron chi connectivity index (χ1n) is 11.7. The summed E-state index contributed by atoms with van der Waals surface area (Å²) in [5.74, 6) is 2.20. The van der Waals surface area contributed by atoms with E-state index < -0.39 is 0 Å². The van der Waals surface area contributed by atoms with Crippen LogP contribution in [0.15, 0.2) is 23.1 Å². The Hall–Kier alpha value is -3.21. The highest BCUT2D eigenvalue weighted by atomic mass is 16.2. The lowest BCUT2D eigenvalue weighted by molar-refractivity contribution is -0.135. The van der Waals surface area contributed by atoms with E-state index in [1.54, 1.807) is 6.20 Å². The minimum atomic E-state index is -0.268. The van der Waals surface area contributed by atoms with E-state index in [-0.39, 0.29) is 17.5 Å². The highest BCUT2D eigenvalue weighted by Crippen LogP contribution is 2.45. The predicted octanol–water partition coefficient (Wildman–Crippen LogP) is 2.42. The van der Waals surface area contributed by atoms with Gasteiger partial charge in [-0.1, -0.05) is 0 Å². The largest absolute Gasteiger partial charge is 0.352 e. The molecule has 32 heavy (non-hydrogen) atoms. The molecule has 1 amide bonds. The van der Waals surface area contributed by atoms with Gasteiger partial charge in [-0.25, -0.2) is 10.1 Å². The summed E-state index contributed by atoms with van der Waals surface area (Å²) < 4.78 is 0. The summed E-state index contributed by atoms with van der Waals surface area (Å²) in [6, 6.07) is 5.94. The van der Waals surface area contributed by atoms with Crippen molar-refractivity contribution in [3.8, 4) is 17.2 Å². The first kappa shape index (κ1) is 19.5. The van der Waals surface area contributed by atoms with Gasteiger partial charge in [-0.15, -0.1) is 0 Å². The summed E-state index contributed by atoms with van der Waals surface area (Å²) in [7, 11) is 0. The van der Waals surface area contributed by atoms with Crippen LogP contribution in [0.4, 0.5) is 5.82 Å². The zero-order chi connectivity index (χ0) is 21.8. The van der Waals surface area contributed by atoms with Crippen molar-refractivity contribution in [2.75, 3.05) is 24.5 Å². The van der Waals surface area contributed by atoms with Crippen molar-refractivity contribution in [2.24, 2.45) is 11.8 Å². The van der Waals surface area contributed by atoms with E-state index in [0.717, 1.165) is 49.3 Å². The molecule has 164 valence electrons. The van der Waals surface area contributed by atoms with Gasteiger partial charge in [0.1, 0.15) is 11.9 Å². The van der Waals surface area contributed by atoms with E-state index in [9.17, 15) is 14.9 Å². The van der Waals surface area contributed by atoms with Crippen LogP contribution in [0, 0.1) is 23.2 Å². The smallest absolute Gasteiger partial charge is 0.264 e. The summed E-state index contributed by atoms with van der Waals surface area (Å²) in [6.45, 7) is 2.13. The second-order valence-corrected chi connectivity index (χ2v) is 9.67. The monoisotopic (exact) mass is 430 g/mol. The number of nitrogens with one attached hydrogen (secondary N) is 1. The molecule has 1 N–H and O–H groups in total. The third-order valence-electron chi connectivity index (χ3n) is 7.19. The summed E-state index contributed by atoms with van der Waals surface area (Å²) in [6.07, 6.45) is 8.16. The van der Waals surface area contributed by atoms with Crippen molar-refractivity contribution in [3.63, 3.8) is 0 Å². The molecular weight excluding hydrogens is 404 g/mol. The fraction of sp³-hybridized carbons (Fsp3) is 0.542. The number of amides is 1. The quantitative estimate of drug-likeness (QED) is 0.781. The number of H-pyrrole nitrogens is 1. The van der Waals surface area contributed by atoms with Crippen molar-refractivity contribution in [2.45, 2.75) is 50.5 Å². The van der Waals surface area contributed by atoms with Crippen molar-refractivity contribution < 1.29 is 4.79 Å². The third kappa shape index (κ3) is 3.56. The van der Waals surface area contributed by atoms with Crippen LogP contribution >= 0.6 is 0 Å². The van der Waals surface area contributed by atoms with Gasteiger partial charge in [0.2, 0.25) is 5.91 Å². The lowest BCUT2D eigenvalue weighted by Crippen LogP contribution is -2.57. The van der Waals surface area contributed by atoms with Gasteiger partial charge < -0.3 is 9.80 Å². The Balaban J connectivity index is 1.36. The second-order valence-electron chi connectivity index (χ2n) is 9.67. The number of rotatable bonds is 5. The summed E-state index contributed by atoms with van der Waals surface area (Å²) in [5.41, 5.74) is 2.72. The number of piperazine rings is 1. The Morgan fingerprint density at radius 1 is 1.12 bits per heavy atom. The highest BCUT2D eigenvalue weighted by Gasteiger charge is 2.45. The average Bonchev–Trinajstić information content (AvgIpc) is 3.66. The predicted molar refractivity (Wildman–Crippen MR) is 118 cm³/mol. The van der Waals surface area contributed by atoms with Gasteiger partial charge in [-0.2, -0.15) is 10.4 Å². The van der Waals surface area contributed by atoms with Crippen LogP contribution in [0.25, 0.3) is 11.1 Å². The molecule has 4 aliphatic rings. The lowest BCUT2D eigenvalue weighted by Gasteiger charge is -2.43. The molecule has 0 spiro atoms. The van der Waals surface area contributed by atoms with Crippen molar-refractivity contribution in [3.05, 3.63) is 39.9 Å². The molecule has 1 aliphatic heterocycles. The van der Waals surface area contributed by atoms with Gasteiger partial charge in [-0.05, 0) is 50.5 Å². The molecule has 0 radical (unpaired) electrons. The SMILES string of the molecule is N#Cc1cc(-c2cn[nH]c(=O)c2)c(C2CC2)nc1N1CCN(C(=O)C2CC2)C(C2CC2)C1. The Morgan fingerprint density at radius 3 is 2.59 bits per heavy atom. The molecule has 8 heteroatoms. The Labute approximate surface area is 186 Å².